The molecule has 0 N–H and O–H groups in total. The smallest absolute Gasteiger partial charge is 0.210 e. The molecule has 2 aliphatic heterocycles. The number of hydrogen-bond acceptors (Lipinski definition) is 4. The molecule has 2 unspecified atom stereocenters. The zero-order valence-corrected chi connectivity index (χ0v) is 17.8. The third kappa shape index (κ3) is 2.61. The lowest BCUT2D eigenvalue weighted by Crippen LogP contribution is -2.37. The van der Waals surface area contributed by atoms with Gasteiger partial charge < -0.3 is 9.64 Å². The van der Waals surface area contributed by atoms with Crippen LogP contribution in [0.1, 0.15) is 52.0 Å². The summed E-state index contributed by atoms with van der Waals surface area (Å²) >= 11 is 11.3. The second-order valence-electron chi connectivity index (χ2n) is 7.55. The van der Waals surface area contributed by atoms with E-state index in [1.165, 1.54) is 23.9 Å². The van der Waals surface area contributed by atoms with Gasteiger partial charge in [0.1, 0.15) is 11.6 Å². The van der Waals surface area contributed by atoms with Gasteiger partial charge in [0.2, 0.25) is 6.23 Å². The monoisotopic (exact) mass is 476 g/mol. The van der Waals surface area contributed by atoms with Crippen molar-refractivity contribution in [1.82, 2.24) is 4.98 Å². The Morgan fingerprint density at radius 2 is 2.11 bits per heavy atom. The van der Waals surface area contributed by atoms with Crippen molar-refractivity contribution in [2.45, 2.75) is 37.5 Å². The van der Waals surface area contributed by atoms with Gasteiger partial charge in [0, 0.05) is 27.3 Å². The van der Waals surface area contributed by atoms with E-state index in [-0.39, 0.29) is 18.1 Å². The summed E-state index contributed by atoms with van der Waals surface area (Å²) < 4.78 is 22.0. The van der Waals surface area contributed by atoms with Crippen LogP contribution in [0.15, 0.2) is 41.0 Å². The first-order valence-corrected chi connectivity index (χ1v) is 11.3. The van der Waals surface area contributed by atoms with Crippen LogP contribution in [0.4, 0.5) is 10.1 Å². The van der Waals surface area contributed by atoms with Crippen LogP contribution in [-0.2, 0) is 6.42 Å². The Kier molecular flexibility index (Phi) is 3.81. The molecule has 142 valence electrons. The Balaban J connectivity index is 1.52. The number of aromatic nitrogens is 1. The highest BCUT2D eigenvalue weighted by molar-refractivity contribution is 9.10. The van der Waals surface area contributed by atoms with Crippen molar-refractivity contribution in [2.24, 2.45) is 0 Å². The van der Waals surface area contributed by atoms with Crippen LogP contribution >= 0.6 is 38.9 Å². The average molecular weight is 478 g/mol. The molecule has 3 nitrogen and oxygen atoms in total. The zero-order valence-electron chi connectivity index (χ0n) is 14.7. The summed E-state index contributed by atoms with van der Waals surface area (Å²) in [4.78, 5) is 7.88. The normalized spacial score (nSPS) is 22.5. The van der Waals surface area contributed by atoms with E-state index in [9.17, 15) is 4.39 Å². The van der Waals surface area contributed by atoms with Crippen molar-refractivity contribution in [1.29, 1.82) is 0 Å². The van der Waals surface area contributed by atoms with Gasteiger partial charge >= 0.3 is 0 Å². The van der Waals surface area contributed by atoms with Gasteiger partial charge in [-0.15, -0.1) is 11.3 Å². The van der Waals surface area contributed by atoms with Gasteiger partial charge in [-0.1, -0.05) is 27.5 Å². The van der Waals surface area contributed by atoms with E-state index >= 15 is 0 Å². The lowest BCUT2D eigenvalue weighted by molar-refractivity contribution is 0.167. The number of rotatable bonds is 2. The Labute approximate surface area is 179 Å². The molecule has 0 bridgehead atoms. The van der Waals surface area contributed by atoms with Gasteiger partial charge in [0.25, 0.3) is 0 Å². The summed E-state index contributed by atoms with van der Waals surface area (Å²) in [7, 11) is 0. The molecule has 0 saturated heterocycles. The van der Waals surface area contributed by atoms with Gasteiger partial charge in [-0.25, -0.2) is 9.37 Å². The Morgan fingerprint density at radius 3 is 2.93 bits per heavy atom. The first-order chi connectivity index (χ1) is 13.6. The molecule has 0 spiro atoms. The molecule has 2 aromatic carbocycles. The molecule has 2 atom stereocenters. The van der Waals surface area contributed by atoms with Gasteiger partial charge in [0.15, 0.2) is 0 Å². The minimum atomic E-state index is -0.321. The van der Waals surface area contributed by atoms with Crippen molar-refractivity contribution in [3.8, 4) is 5.75 Å². The molecule has 3 heterocycles. The van der Waals surface area contributed by atoms with E-state index in [1.54, 1.807) is 11.3 Å². The van der Waals surface area contributed by atoms with Gasteiger partial charge in [-0.2, -0.15) is 0 Å². The van der Waals surface area contributed by atoms with Crippen molar-refractivity contribution in [3.63, 3.8) is 0 Å². The quantitative estimate of drug-likeness (QED) is 0.407. The molecule has 1 fully saturated rings. The topological polar surface area (TPSA) is 25.4 Å². The number of anilines is 1. The number of benzene rings is 2. The van der Waals surface area contributed by atoms with Gasteiger partial charge in [-0.05, 0) is 55.2 Å². The second kappa shape index (κ2) is 6.18. The van der Waals surface area contributed by atoms with Crippen LogP contribution in [0, 0.1) is 5.82 Å². The van der Waals surface area contributed by atoms with Crippen molar-refractivity contribution >= 4 is 44.6 Å². The van der Waals surface area contributed by atoms with E-state index in [4.69, 9.17) is 16.3 Å². The first-order valence-electron chi connectivity index (χ1n) is 9.26. The standard InChI is InChI=1S/C21H15BrClFN2OS/c22-12-7-14(24)19-16-6-11-5-13(23)3-4-15(11)26(16)21(27-17(19)8-12)18-9-25-20(28-18)10-1-2-10/h3-5,7-10,16,21H,1-2,6H2. The summed E-state index contributed by atoms with van der Waals surface area (Å²) in [6.45, 7) is 0. The highest BCUT2D eigenvalue weighted by Crippen LogP contribution is 2.54. The molecule has 3 aliphatic rings. The zero-order chi connectivity index (χ0) is 19.0. The molecule has 0 amide bonds. The maximum absolute atomic E-state index is 14.9. The number of ether oxygens (including phenoxy) is 1. The summed E-state index contributed by atoms with van der Waals surface area (Å²) in [5.41, 5.74) is 2.78. The van der Waals surface area contributed by atoms with Gasteiger partial charge in [-0.3, -0.25) is 0 Å². The Hall–Kier alpha value is -1.63. The average Bonchev–Trinajstić information content (AvgIpc) is 3.26. The van der Waals surface area contributed by atoms with E-state index in [2.05, 4.69) is 25.8 Å². The third-order valence-electron chi connectivity index (χ3n) is 5.66. The van der Waals surface area contributed by atoms with Crippen LogP contribution in [0.5, 0.6) is 5.75 Å². The molecule has 0 radical (unpaired) electrons. The third-order valence-corrected chi connectivity index (χ3v) is 7.54. The lowest BCUT2D eigenvalue weighted by Gasteiger charge is -2.40. The summed E-state index contributed by atoms with van der Waals surface area (Å²) in [5, 5.41) is 1.87. The minimum absolute atomic E-state index is 0.123. The number of fused-ring (bicyclic) bond motifs is 5. The fourth-order valence-electron chi connectivity index (χ4n) is 4.26. The van der Waals surface area contributed by atoms with Crippen molar-refractivity contribution in [2.75, 3.05) is 4.90 Å². The van der Waals surface area contributed by atoms with E-state index < -0.39 is 0 Å². The molecular formula is C21H15BrClFN2OS. The molecule has 3 aromatic rings. The first kappa shape index (κ1) is 17.2. The summed E-state index contributed by atoms with van der Waals surface area (Å²) in [6.07, 6.45) is 4.74. The molecule has 6 rings (SSSR count). The van der Waals surface area contributed by atoms with Crippen molar-refractivity contribution < 1.29 is 9.13 Å². The SMILES string of the molecule is Fc1cc(Br)cc2c1C1Cc3cc(Cl)ccc3N1C(c1cnc(C3CC3)s1)O2. The van der Waals surface area contributed by atoms with Crippen LogP contribution in [-0.4, -0.2) is 4.98 Å². The van der Waals surface area contributed by atoms with Crippen molar-refractivity contribution in [3.05, 3.63) is 72.9 Å². The Morgan fingerprint density at radius 1 is 1.25 bits per heavy atom. The van der Waals surface area contributed by atoms with Crippen LogP contribution in [0.25, 0.3) is 0 Å². The second-order valence-corrected chi connectivity index (χ2v) is 9.99. The van der Waals surface area contributed by atoms with E-state index in [0.717, 1.165) is 16.1 Å². The number of thiazole rings is 1. The minimum Gasteiger partial charge on any atom is -0.465 e. The van der Waals surface area contributed by atoms with Crippen LogP contribution in [0.2, 0.25) is 5.02 Å². The highest BCUT2D eigenvalue weighted by atomic mass is 79.9. The molecule has 7 heteroatoms. The predicted octanol–water partition coefficient (Wildman–Crippen LogP) is 6.77. The van der Waals surface area contributed by atoms with Crippen LogP contribution in [0.3, 0.4) is 0 Å². The molecule has 28 heavy (non-hydrogen) atoms. The fourth-order valence-corrected chi connectivity index (χ4v) is 5.98. The van der Waals surface area contributed by atoms with E-state index in [0.29, 0.717) is 33.1 Å². The molecule has 1 saturated carbocycles. The Bertz CT molecular complexity index is 1120. The van der Waals surface area contributed by atoms with Gasteiger partial charge in [0.05, 0.1) is 21.5 Å². The summed E-state index contributed by atoms with van der Waals surface area (Å²) in [6, 6.07) is 9.12. The fraction of sp³-hybridized carbons (Fsp3) is 0.286. The molecule has 1 aromatic heterocycles. The maximum atomic E-state index is 14.9. The van der Waals surface area contributed by atoms with E-state index in [1.807, 2.05) is 30.5 Å². The number of halogens is 3. The van der Waals surface area contributed by atoms with Crippen LogP contribution < -0.4 is 9.64 Å². The largest absolute Gasteiger partial charge is 0.465 e. The summed E-state index contributed by atoms with van der Waals surface area (Å²) in [5.74, 6) is 0.944. The highest BCUT2D eigenvalue weighted by Gasteiger charge is 2.44. The maximum Gasteiger partial charge on any atom is 0.210 e. The lowest BCUT2D eigenvalue weighted by atomic mass is 9.99. The predicted molar refractivity (Wildman–Crippen MR) is 112 cm³/mol. The number of hydrogen-bond donors (Lipinski definition) is 0. The molecule has 1 aliphatic carbocycles. The number of nitrogens with zero attached hydrogens (tertiary/aromatic N) is 2. The molecular weight excluding hydrogens is 463 g/mol.